The highest BCUT2D eigenvalue weighted by atomic mass is 19.2. The lowest BCUT2D eigenvalue weighted by Gasteiger charge is -2.27. The molecule has 0 N–H and O–H groups in total. The van der Waals surface area contributed by atoms with Gasteiger partial charge in [-0.2, -0.15) is 0 Å². The molecule has 1 aliphatic rings. The molecular weight excluding hydrogens is 388 g/mol. The van der Waals surface area contributed by atoms with Crippen molar-refractivity contribution in [3.05, 3.63) is 66.3 Å². The Balaban J connectivity index is 1.92. The molecule has 2 aromatic rings. The largest absolute Gasteiger partial charge is 0.497 e. The molecule has 3 rings (SSSR count). The molecule has 1 amide bonds. The molecule has 1 aliphatic heterocycles. The summed E-state index contributed by atoms with van der Waals surface area (Å²) in [5, 5.41) is 0. The number of methoxy groups -OCH3 is 2. The van der Waals surface area contributed by atoms with Crippen molar-refractivity contribution in [3.63, 3.8) is 0 Å². The fraction of sp³-hybridized carbons (Fsp3) is 0.375. The summed E-state index contributed by atoms with van der Waals surface area (Å²) < 4.78 is 39.2. The summed E-state index contributed by atoms with van der Waals surface area (Å²) in [6, 6.07) is 9.57. The number of hydrogen-bond acceptors (Lipinski definition) is 3. The summed E-state index contributed by atoms with van der Waals surface area (Å²) in [5.41, 5.74) is 0.972. The van der Waals surface area contributed by atoms with E-state index in [1.807, 2.05) is 18.2 Å². The van der Waals surface area contributed by atoms with Crippen LogP contribution in [0.25, 0.3) is 0 Å². The van der Waals surface area contributed by atoms with Gasteiger partial charge >= 0.3 is 0 Å². The predicted octanol–water partition coefficient (Wildman–Crippen LogP) is 5.16. The first kappa shape index (κ1) is 21.8. The molecule has 2 aromatic carbocycles. The van der Waals surface area contributed by atoms with Crippen molar-refractivity contribution < 1.29 is 23.0 Å². The van der Waals surface area contributed by atoms with Crippen LogP contribution in [0, 0.1) is 23.5 Å². The predicted molar refractivity (Wildman–Crippen MR) is 113 cm³/mol. The number of halogens is 2. The van der Waals surface area contributed by atoms with Crippen LogP contribution in [-0.4, -0.2) is 26.7 Å². The number of nitrogens with zero attached hydrogens (tertiary/aromatic N) is 1. The molecule has 2 atom stereocenters. The first-order chi connectivity index (χ1) is 14.5. The Morgan fingerprint density at radius 1 is 1.17 bits per heavy atom. The van der Waals surface area contributed by atoms with Gasteiger partial charge in [0.25, 0.3) is 0 Å². The Morgan fingerprint density at radius 3 is 2.67 bits per heavy atom. The highest BCUT2D eigenvalue weighted by molar-refractivity contribution is 5.95. The molecule has 4 nitrogen and oxygen atoms in total. The number of allylic oxidation sites excluding steroid dienone is 1. The minimum atomic E-state index is -0.995. The number of carbonyl (C=O) groups excluding carboxylic acids is 1. The topological polar surface area (TPSA) is 38.8 Å². The zero-order chi connectivity index (χ0) is 21.7. The molecule has 1 saturated heterocycles. The number of benzene rings is 2. The van der Waals surface area contributed by atoms with Gasteiger partial charge in [-0.15, -0.1) is 6.58 Å². The van der Waals surface area contributed by atoms with Crippen LogP contribution in [0.15, 0.2) is 49.1 Å². The Hall–Kier alpha value is -2.89. The van der Waals surface area contributed by atoms with E-state index >= 15 is 0 Å². The second kappa shape index (κ2) is 9.74. The van der Waals surface area contributed by atoms with Crippen LogP contribution in [0.1, 0.15) is 24.8 Å². The second-order valence-corrected chi connectivity index (χ2v) is 7.57. The normalized spacial score (nSPS) is 19.3. The number of carbonyl (C=O) groups is 1. The third-order valence-corrected chi connectivity index (χ3v) is 5.66. The number of hydrogen-bond donors (Lipinski definition) is 0. The third kappa shape index (κ3) is 4.64. The van der Waals surface area contributed by atoms with Gasteiger partial charge in [0.05, 0.1) is 19.9 Å². The van der Waals surface area contributed by atoms with Gasteiger partial charge in [0, 0.05) is 18.5 Å². The number of anilines is 1. The van der Waals surface area contributed by atoms with Gasteiger partial charge in [-0.3, -0.25) is 4.79 Å². The van der Waals surface area contributed by atoms with E-state index in [1.165, 1.54) is 17.0 Å². The average molecular weight is 415 g/mol. The lowest BCUT2D eigenvalue weighted by atomic mass is 9.91. The van der Waals surface area contributed by atoms with Gasteiger partial charge in [0.2, 0.25) is 5.91 Å². The molecule has 0 spiro atoms. The van der Waals surface area contributed by atoms with E-state index in [9.17, 15) is 13.6 Å². The lowest BCUT2D eigenvalue weighted by molar-refractivity contribution is -0.122. The van der Waals surface area contributed by atoms with Crippen molar-refractivity contribution >= 4 is 11.6 Å². The van der Waals surface area contributed by atoms with Gasteiger partial charge in [-0.1, -0.05) is 18.2 Å². The number of rotatable bonds is 7. The van der Waals surface area contributed by atoms with Crippen molar-refractivity contribution in [1.82, 2.24) is 0 Å². The maximum absolute atomic E-state index is 14.5. The van der Waals surface area contributed by atoms with Gasteiger partial charge < -0.3 is 14.4 Å². The molecule has 0 aliphatic carbocycles. The van der Waals surface area contributed by atoms with Crippen LogP contribution in [-0.2, 0) is 11.2 Å². The Bertz CT molecular complexity index is 915. The third-order valence-electron chi connectivity index (χ3n) is 5.66. The van der Waals surface area contributed by atoms with E-state index in [0.717, 1.165) is 18.1 Å². The van der Waals surface area contributed by atoms with Gasteiger partial charge in [-0.05, 0) is 55.4 Å². The Kier molecular flexibility index (Phi) is 7.08. The summed E-state index contributed by atoms with van der Waals surface area (Å²) in [7, 11) is 3.19. The molecule has 160 valence electrons. The molecule has 1 heterocycles. The van der Waals surface area contributed by atoms with Crippen molar-refractivity contribution in [2.45, 2.75) is 25.7 Å². The van der Waals surface area contributed by atoms with Crippen molar-refractivity contribution in [1.29, 1.82) is 0 Å². The van der Waals surface area contributed by atoms with Crippen LogP contribution in [0.4, 0.5) is 14.5 Å². The highest BCUT2D eigenvalue weighted by Gasteiger charge is 2.33. The maximum Gasteiger partial charge on any atom is 0.230 e. The molecule has 0 bridgehead atoms. The number of ether oxygens (including phenoxy) is 2. The van der Waals surface area contributed by atoms with Crippen molar-refractivity contribution in [2.75, 3.05) is 25.7 Å². The second-order valence-electron chi connectivity index (χ2n) is 7.57. The fourth-order valence-electron chi connectivity index (χ4n) is 4.06. The van der Waals surface area contributed by atoms with E-state index in [2.05, 4.69) is 6.58 Å². The minimum absolute atomic E-state index is 0.0114. The zero-order valence-electron chi connectivity index (χ0n) is 17.4. The van der Waals surface area contributed by atoms with Crippen molar-refractivity contribution in [3.8, 4) is 11.5 Å². The van der Waals surface area contributed by atoms with Crippen LogP contribution in [0.3, 0.4) is 0 Å². The molecule has 30 heavy (non-hydrogen) atoms. The number of amides is 1. The van der Waals surface area contributed by atoms with Gasteiger partial charge in [0.15, 0.2) is 11.6 Å². The lowest BCUT2D eigenvalue weighted by Crippen LogP contribution is -2.37. The molecule has 6 heteroatoms. The van der Waals surface area contributed by atoms with Crippen LogP contribution in [0.2, 0.25) is 0 Å². The molecule has 0 saturated carbocycles. The van der Waals surface area contributed by atoms with Gasteiger partial charge in [0.1, 0.15) is 11.5 Å². The molecule has 1 fully saturated rings. The van der Waals surface area contributed by atoms with Crippen LogP contribution in [0.5, 0.6) is 11.5 Å². The van der Waals surface area contributed by atoms with E-state index < -0.39 is 11.6 Å². The van der Waals surface area contributed by atoms with E-state index in [0.29, 0.717) is 37.3 Å². The quantitative estimate of drug-likeness (QED) is 0.587. The summed E-state index contributed by atoms with van der Waals surface area (Å²) in [4.78, 5) is 14.6. The molecule has 0 unspecified atom stereocenters. The summed E-state index contributed by atoms with van der Waals surface area (Å²) >= 11 is 0. The Morgan fingerprint density at radius 2 is 1.97 bits per heavy atom. The van der Waals surface area contributed by atoms with E-state index in [1.54, 1.807) is 20.3 Å². The Labute approximate surface area is 176 Å². The molecule has 0 aromatic heterocycles. The zero-order valence-corrected chi connectivity index (χ0v) is 17.4. The first-order valence-corrected chi connectivity index (χ1v) is 10.1. The smallest absolute Gasteiger partial charge is 0.230 e. The maximum atomic E-state index is 14.5. The van der Waals surface area contributed by atoms with Crippen LogP contribution < -0.4 is 14.4 Å². The average Bonchev–Trinajstić information content (AvgIpc) is 2.90. The molecule has 0 radical (unpaired) electrons. The summed E-state index contributed by atoms with van der Waals surface area (Å²) in [6.07, 6.45) is 4.31. The molecular formula is C24H27F2NO3. The highest BCUT2D eigenvalue weighted by Crippen LogP contribution is 2.34. The standard InChI is InChI=1S/C24H27F2NO3/c1-4-6-17-10-9-16(13-18-11-12-19(29-2)14-22(18)30-3)15-27(24(17)28)21-8-5-7-20(25)23(21)26/h4-5,7-8,11-12,14,16-17H,1,6,9-10,13,15H2,2-3H3/t16-,17+/m1/s1. The van der Waals surface area contributed by atoms with Crippen molar-refractivity contribution in [2.24, 2.45) is 11.8 Å². The fourth-order valence-corrected chi connectivity index (χ4v) is 4.06. The van der Waals surface area contributed by atoms with Gasteiger partial charge in [-0.25, -0.2) is 8.78 Å². The SMILES string of the molecule is C=CC[C@H]1CC[C@H](Cc2ccc(OC)cc2OC)CN(c2cccc(F)c2F)C1=O. The summed E-state index contributed by atoms with van der Waals surface area (Å²) in [6.45, 7) is 4.05. The summed E-state index contributed by atoms with van der Waals surface area (Å²) in [5.74, 6) is -0.980. The first-order valence-electron chi connectivity index (χ1n) is 10.1. The van der Waals surface area contributed by atoms with E-state index in [-0.39, 0.29) is 23.4 Å². The van der Waals surface area contributed by atoms with E-state index in [4.69, 9.17) is 9.47 Å². The van der Waals surface area contributed by atoms with Crippen LogP contribution >= 0.6 is 0 Å². The minimum Gasteiger partial charge on any atom is -0.497 e. The monoisotopic (exact) mass is 415 g/mol.